The van der Waals surface area contributed by atoms with E-state index in [1.807, 2.05) is 6.07 Å². The highest BCUT2D eigenvalue weighted by molar-refractivity contribution is 5.99. The van der Waals surface area contributed by atoms with E-state index in [0.29, 0.717) is 24.2 Å². The van der Waals surface area contributed by atoms with E-state index >= 15 is 0 Å². The van der Waals surface area contributed by atoms with Crippen LogP contribution in [-0.2, 0) is 0 Å². The first-order valence-corrected chi connectivity index (χ1v) is 8.05. The predicted molar refractivity (Wildman–Crippen MR) is 79.4 cm³/mol. The van der Waals surface area contributed by atoms with Crippen LogP contribution in [0.5, 0.6) is 5.75 Å². The molecule has 0 amide bonds. The largest absolute Gasteiger partial charge is 0.508 e. The van der Waals surface area contributed by atoms with Gasteiger partial charge in [0, 0.05) is 12.0 Å². The summed E-state index contributed by atoms with van der Waals surface area (Å²) in [6, 6.07) is 5.27. The third kappa shape index (κ3) is 1.73. The first-order valence-electron chi connectivity index (χ1n) is 8.05. The van der Waals surface area contributed by atoms with Gasteiger partial charge in [0.25, 0.3) is 0 Å². The number of carbonyl (C=O) groups is 1. The lowest BCUT2D eigenvalue weighted by Crippen LogP contribution is -2.44. The molecule has 0 aromatic heterocycles. The van der Waals surface area contributed by atoms with Crippen LogP contribution in [0.4, 0.5) is 0 Å². The summed E-state index contributed by atoms with van der Waals surface area (Å²) in [6.07, 6.45) is 4.36. The number of rotatable bonds is 0. The number of aliphatic hydroxyl groups excluding tert-OH is 1. The number of phenolic OH excluding ortho intramolecular Hbond substituents is 1. The Morgan fingerprint density at radius 3 is 2.86 bits per heavy atom. The molecule has 2 N–H and O–H groups in total. The maximum atomic E-state index is 12.5. The van der Waals surface area contributed by atoms with Gasteiger partial charge in [-0.3, -0.25) is 4.79 Å². The highest BCUT2D eigenvalue weighted by Gasteiger charge is 2.55. The zero-order valence-corrected chi connectivity index (χ0v) is 12.4. The number of aromatic hydroxyl groups is 1. The van der Waals surface area contributed by atoms with Gasteiger partial charge in [-0.25, -0.2) is 0 Å². The van der Waals surface area contributed by atoms with Crippen LogP contribution in [0, 0.1) is 17.3 Å². The molecule has 0 radical (unpaired) electrons. The summed E-state index contributed by atoms with van der Waals surface area (Å²) in [7, 11) is 0. The average Bonchev–Trinajstić information content (AvgIpc) is 2.76. The monoisotopic (exact) mass is 286 g/mol. The molecule has 1 aromatic carbocycles. The number of ketones is 1. The van der Waals surface area contributed by atoms with E-state index in [0.717, 1.165) is 36.8 Å². The quantitative estimate of drug-likeness (QED) is 0.769. The zero-order valence-electron chi connectivity index (χ0n) is 12.4. The van der Waals surface area contributed by atoms with Gasteiger partial charge < -0.3 is 10.2 Å². The molecule has 3 nitrogen and oxygen atoms in total. The van der Waals surface area contributed by atoms with Crippen LogP contribution in [0.2, 0.25) is 0 Å². The van der Waals surface area contributed by atoms with Crippen molar-refractivity contribution in [3.63, 3.8) is 0 Å². The van der Waals surface area contributed by atoms with Crippen LogP contribution in [-0.4, -0.2) is 22.1 Å². The Bertz CT molecular complexity index is 608. The predicted octanol–water partition coefficient (Wildman–Crippen LogP) is 3.25. The minimum absolute atomic E-state index is 0.00410. The van der Waals surface area contributed by atoms with Crippen LogP contribution in [0.1, 0.15) is 60.9 Å². The zero-order chi connectivity index (χ0) is 14.8. The van der Waals surface area contributed by atoms with Gasteiger partial charge >= 0.3 is 0 Å². The van der Waals surface area contributed by atoms with Crippen molar-refractivity contribution in [2.45, 2.75) is 51.0 Å². The summed E-state index contributed by atoms with van der Waals surface area (Å²) in [5, 5.41) is 20.0. The van der Waals surface area contributed by atoms with E-state index in [-0.39, 0.29) is 23.1 Å². The van der Waals surface area contributed by atoms with Crippen molar-refractivity contribution < 1.29 is 15.0 Å². The Morgan fingerprint density at radius 1 is 1.24 bits per heavy atom. The fourth-order valence-corrected chi connectivity index (χ4v) is 5.36. The Labute approximate surface area is 125 Å². The Hall–Kier alpha value is -1.35. The lowest BCUT2D eigenvalue weighted by molar-refractivity contribution is -0.0208. The second kappa shape index (κ2) is 4.33. The van der Waals surface area contributed by atoms with Crippen LogP contribution in [0.25, 0.3) is 0 Å². The second-order valence-electron chi connectivity index (χ2n) is 7.41. The molecule has 3 aliphatic carbocycles. The molecule has 0 bridgehead atoms. The number of phenols is 1. The molecule has 3 aliphatic rings. The van der Waals surface area contributed by atoms with Crippen LogP contribution in [0.15, 0.2) is 18.2 Å². The van der Waals surface area contributed by atoms with Crippen molar-refractivity contribution in [3.05, 3.63) is 29.3 Å². The molecule has 0 saturated heterocycles. The molecule has 0 spiro atoms. The van der Waals surface area contributed by atoms with Gasteiger partial charge in [-0.15, -0.1) is 0 Å². The number of Topliss-reactive ketones (excluding diaryl/α,β-unsaturated/α-hetero) is 1. The third-order valence-corrected chi connectivity index (χ3v) is 6.54. The van der Waals surface area contributed by atoms with Crippen molar-refractivity contribution in [1.29, 1.82) is 0 Å². The fourth-order valence-electron chi connectivity index (χ4n) is 5.36. The summed E-state index contributed by atoms with van der Waals surface area (Å²) >= 11 is 0. The van der Waals surface area contributed by atoms with E-state index in [1.54, 1.807) is 12.1 Å². The SMILES string of the molecule is C[C@@]12CC[C@@H]3c4ccc(O)cc4C(=O)C[C@H]3[C@H]1CC[C@@H]2O. The highest BCUT2D eigenvalue weighted by Crippen LogP contribution is 2.60. The Balaban J connectivity index is 1.77. The number of aliphatic hydroxyl groups is 1. The van der Waals surface area contributed by atoms with Crippen LogP contribution < -0.4 is 0 Å². The van der Waals surface area contributed by atoms with E-state index in [4.69, 9.17) is 0 Å². The maximum absolute atomic E-state index is 12.5. The Kier molecular flexibility index (Phi) is 2.74. The number of hydrogen-bond acceptors (Lipinski definition) is 3. The second-order valence-corrected chi connectivity index (χ2v) is 7.41. The van der Waals surface area contributed by atoms with E-state index in [9.17, 15) is 15.0 Å². The molecular formula is C18H22O3. The van der Waals surface area contributed by atoms with Crippen LogP contribution >= 0.6 is 0 Å². The third-order valence-electron chi connectivity index (χ3n) is 6.54. The fraction of sp³-hybridized carbons (Fsp3) is 0.611. The average molecular weight is 286 g/mol. The summed E-state index contributed by atoms with van der Waals surface area (Å²) < 4.78 is 0. The normalized spacial score (nSPS) is 41.3. The summed E-state index contributed by atoms with van der Waals surface area (Å²) in [6.45, 7) is 2.21. The Morgan fingerprint density at radius 2 is 2.05 bits per heavy atom. The van der Waals surface area contributed by atoms with Crippen molar-refractivity contribution in [3.8, 4) is 5.75 Å². The first-order chi connectivity index (χ1) is 10.0. The molecule has 2 fully saturated rings. The van der Waals surface area contributed by atoms with Gasteiger partial charge in [0.2, 0.25) is 0 Å². The van der Waals surface area contributed by atoms with Gasteiger partial charge in [-0.2, -0.15) is 0 Å². The molecule has 112 valence electrons. The number of fused-ring (bicyclic) bond motifs is 5. The first kappa shape index (κ1) is 13.3. The van der Waals surface area contributed by atoms with Gasteiger partial charge in [0.15, 0.2) is 5.78 Å². The summed E-state index contributed by atoms with van der Waals surface area (Å²) in [4.78, 5) is 12.5. The lowest BCUT2D eigenvalue weighted by Gasteiger charge is -2.49. The van der Waals surface area contributed by atoms with Crippen molar-refractivity contribution in [2.75, 3.05) is 0 Å². The molecule has 0 heterocycles. The van der Waals surface area contributed by atoms with Crippen molar-refractivity contribution in [1.82, 2.24) is 0 Å². The minimum atomic E-state index is -0.209. The molecule has 21 heavy (non-hydrogen) atoms. The smallest absolute Gasteiger partial charge is 0.163 e. The lowest BCUT2D eigenvalue weighted by atomic mass is 9.55. The summed E-state index contributed by atoms with van der Waals surface area (Å²) in [5.41, 5.74) is 1.84. The van der Waals surface area contributed by atoms with Gasteiger partial charge in [-0.1, -0.05) is 13.0 Å². The van der Waals surface area contributed by atoms with Gasteiger partial charge in [-0.05, 0) is 66.5 Å². The number of hydrogen-bond donors (Lipinski definition) is 2. The molecule has 4 rings (SSSR count). The van der Waals surface area contributed by atoms with Crippen LogP contribution in [0.3, 0.4) is 0 Å². The van der Waals surface area contributed by atoms with Crippen molar-refractivity contribution >= 4 is 5.78 Å². The number of carbonyl (C=O) groups excluding carboxylic acids is 1. The molecule has 5 atom stereocenters. The highest BCUT2D eigenvalue weighted by atomic mass is 16.3. The molecule has 0 aliphatic heterocycles. The van der Waals surface area contributed by atoms with Gasteiger partial charge in [0.1, 0.15) is 5.75 Å². The van der Waals surface area contributed by atoms with E-state index in [1.165, 1.54) is 0 Å². The standard InChI is InChI=1S/C18H22O3/c1-18-7-6-12-11-3-2-10(19)8-14(11)16(20)9-13(12)15(18)4-5-17(18)21/h2-3,8,12-13,15,17,19,21H,4-7,9H2,1H3/t12-,13-,15-,17+,18-/m1/s1. The number of benzene rings is 1. The van der Waals surface area contributed by atoms with E-state index < -0.39 is 0 Å². The van der Waals surface area contributed by atoms with Crippen molar-refractivity contribution in [2.24, 2.45) is 17.3 Å². The van der Waals surface area contributed by atoms with E-state index in [2.05, 4.69) is 6.92 Å². The summed E-state index contributed by atoms with van der Waals surface area (Å²) in [5.74, 6) is 1.58. The minimum Gasteiger partial charge on any atom is -0.508 e. The van der Waals surface area contributed by atoms with Gasteiger partial charge in [0.05, 0.1) is 6.10 Å². The molecule has 3 heteroatoms. The maximum Gasteiger partial charge on any atom is 0.163 e. The molecular weight excluding hydrogens is 264 g/mol. The topological polar surface area (TPSA) is 57.5 Å². The molecule has 2 saturated carbocycles. The molecule has 0 unspecified atom stereocenters. The molecule has 1 aromatic rings.